The van der Waals surface area contributed by atoms with Crippen molar-refractivity contribution >= 4 is 5.97 Å². The van der Waals surface area contributed by atoms with E-state index in [1.165, 1.54) is 5.56 Å². The molecule has 1 atom stereocenters. The van der Waals surface area contributed by atoms with Crippen molar-refractivity contribution in [3.05, 3.63) is 65.2 Å². The van der Waals surface area contributed by atoms with Crippen molar-refractivity contribution < 1.29 is 15.0 Å². The summed E-state index contributed by atoms with van der Waals surface area (Å²) >= 11 is 0. The highest BCUT2D eigenvalue weighted by molar-refractivity contribution is 5.87. The van der Waals surface area contributed by atoms with E-state index in [4.69, 9.17) is 5.11 Å². The number of carboxylic acid groups (broad SMARTS) is 1. The highest BCUT2D eigenvalue weighted by Gasteiger charge is 2.25. The zero-order chi connectivity index (χ0) is 15.5. The molecule has 1 unspecified atom stereocenters. The van der Waals surface area contributed by atoms with Crippen LogP contribution in [0, 0.1) is 0 Å². The zero-order valence-electron chi connectivity index (χ0n) is 12.3. The van der Waals surface area contributed by atoms with Crippen LogP contribution in [0.1, 0.15) is 40.4 Å². The summed E-state index contributed by atoms with van der Waals surface area (Å²) in [6, 6.07) is 14.9. The lowest BCUT2D eigenvalue weighted by atomic mass is 10.0. The smallest absolute Gasteiger partial charge is 0.335 e. The van der Waals surface area contributed by atoms with Gasteiger partial charge in [0.05, 0.1) is 5.56 Å². The minimum Gasteiger partial charge on any atom is -0.508 e. The van der Waals surface area contributed by atoms with E-state index in [0.29, 0.717) is 11.6 Å². The molecule has 0 aliphatic carbocycles. The van der Waals surface area contributed by atoms with Crippen molar-refractivity contribution in [3.8, 4) is 5.75 Å². The van der Waals surface area contributed by atoms with Crippen LogP contribution in [0.3, 0.4) is 0 Å². The van der Waals surface area contributed by atoms with Crippen LogP contribution in [-0.2, 0) is 6.54 Å². The molecule has 2 aromatic carbocycles. The average Bonchev–Trinajstić information content (AvgIpc) is 2.97. The number of benzene rings is 2. The number of likely N-dealkylation sites (tertiary alicyclic amines) is 1. The van der Waals surface area contributed by atoms with Gasteiger partial charge in [-0.1, -0.05) is 24.3 Å². The molecule has 22 heavy (non-hydrogen) atoms. The molecule has 1 saturated heterocycles. The minimum atomic E-state index is -0.894. The molecule has 0 amide bonds. The number of hydrogen-bond acceptors (Lipinski definition) is 3. The summed E-state index contributed by atoms with van der Waals surface area (Å²) < 4.78 is 0. The second-order valence-electron chi connectivity index (χ2n) is 5.72. The van der Waals surface area contributed by atoms with E-state index in [2.05, 4.69) is 4.90 Å². The van der Waals surface area contributed by atoms with Crippen LogP contribution in [0.2, 0.25) is 0 Å². The van der Waals surface area contributed by atoms with E-state index >= 15 is 0 Å². The Kier molecular flexibility index (Phi) is 4.11. The maximum Gasteiger partial charge on any atom is 0.335 e. The van der Waals surface area contributed by atoms with Crippen molar-refractivity contribution in [2.24, 2.45) is 0 Å². The van der Waals surface area contributed by atoms with E-state index in [0.717, 1.165) is 31.5 Å². The van der Waals surface area contributed by atoms with Gasteiger partial charge in [-0.25, -0.2) is 4.79 Å². The van der Waals surface area contributed by atoms with Crippen LogP contribution in [0.15, 0.2) is 48.5 Å². The molecule has 1 aliphatic rings. The van der Waals surface area contributed by atoms with Gasteiger partial charge in [0.2, 0.25) is 0 Å². The third-order valence-corrected chi connectivity index (χ3v) is 4.23. The largest absolute Gasteiger partial charge is 0.508 e. The monoisotopic (exact) mass is 297 g/mol. The number of rotatable bonds is 4. The SMILES string of the molecule is O=C(O)c1ccc(CN2CCCC2c2ccc(O)cc2)cc1. The number of hydrogen-bond donors (Lipinski definition) is 2. The maximum absolute atomic E-state index is 10.9. The molecule has 2 aromatic rings. The maximum atomic E-state index is 10.9. The predicted molar refractivity (Wildman–Crippen MR) is 83.9 cm³/mol. The van der Waals surface area contributed by atoms with Crippen LogP contribution in [0.5, 0.6) is 5.75 Å². The highest BCUT2D eigenvalue weighted by Crippen LogP contribution is 2.33. The first-order valence-electron chi connectivity index (χ1n) is 7.49. The van der Waals surface area contributed by atoms with E-state index in [1.807, 2.05) is 24.3 Å². The first kappa shape index (κ1) is 14.6. The summed E-state index contributed by atoms with van der Waals surface area (Å²) in [6.07, 6.45) is 2.26. The number of nitrogens with zero attached hydrogens (tertiary/aromatic N) is 1. The van der Waals surface area contributed by atoms with Crippen LogP contribution in [0.4, 0.5) is 0 Å². The van der Waals surface area contributed by atoms with Crippen molar-refractivity contribution in [1.29, 1.82) is 0 Å². The Morgan fingerprint density at radius 3 is 2.41 bits per heavy atom. The van der Waals surface area contributed by atoms with E-state index in [-0.39, 0.29) is 5.75 Å². The molecule has 0 aromatic heterocycles. The summed E-state index contributed by atoms with van der Waals surface area (Å²) in [4.78, 5) is 13.3. The lowest BCUT2D eigenvalue weighted by Crippen LogP contribution is -2.22. The number of aromatic hydroxyl groups is 1. The molecule has 3 rings (SSSR count). The Balaban J connectivity index is 1.73. The molecule has 1 heterocycles. The standard InChI is InChI=1S/C18H19NO3/c20-16-9-7-14(8-10-16)17-2-1-11-19(17)12-13-3-5-15(6-4-13)18(21)22/h3-10,17,20H,1-2,11-12H2,(H,21,22). The Morgan fingerprint density at radius 2 is 1.77 bits per heavy atom. The number of phenols is 1. The molecule has 4 nitrogen and oxygen atoms in total. The minimum absolute atomic E-state index is 0.289. The zero-order valence-corrected chi connectivity index (χ0v) is 12.3. The van der Waals surface area contributed by atoms with Gasteiger partial charge in [0, 0.05) is 12.6 Å². The lowest BCUT2D eigenvalue weighted by Gasteiger charge is -2.25. The van der Waals surface area contributed by atoms with Gasteiger partial charge in [0.15, 0.2) is 0 Å². The first-order chi connectivity index (χ1) is 10.6. The Bertz CT molecular complexity index is 649. The molecular weight excluding hydrogens is 278 g/mol. The second kappa shape index (κ2) is 6.20. The second-order valence-corrected chi connectivity index (χ2v) is 5.72. The third-order valence-electron chi connectivity index (χ3n) is 4.23. The molecule has 0 spiro atoms. The molecule has 1 fully saturated rings. The molecular formula is C18H19NO3. The summed E-state index contributed by atoms with van der Waals surface area (Å²) in [5.41, 5.74) is 2.66. The van der Waals surface area contributed by atoms with Gasteiger partial charge in [0.25, 0.3) is 0 Å². The fourth-order valence-corrected chi connectivity index (χ4v) is 3.08. The Morgan fingerprint density at radius 1 is 1.09 bits per heavy atom. The van der Waals surface area contributed by atoms with Crippen molar-refractivity contribution in [2.75, 3.05) is 6.54 Å². The Hall–Kier alpha value is -2.33. The van der Waals surface area contributed by atoms with Gasteiger partial charge in [0.1, 0.15) is 5.75 Å². The summed E-state index contributed by atoms with van der Waals surface area (Å²) in [6.45, 7) is 1.84. The molecule has 0 saturated carbocycles. The Labute approximate surface area is 129 Å². The number of phenolic OH excluding ortho intramolecular Hbond substituents is 1. The van der Waals surface area contributed by atoms with Gasteiger partial charge in [-0.05, 0) is 54.8 Å². The molecule has 2 N–H and O–H groups in total. The average molecular weight is 297 g/mol. The number of aromatic carboxylic acids is 1. The van der Waals surface area contributed by atoms with E-state index < -0.39 is 5.97 Å². The first-order valence-corrected chi connectivity index (χ1v) is 7.49. The highest BCUT2D eigenvalue weighted by atomic mass is 16.4. The van der Waals surface area contributed by atoms with Crippen LogP contribution >= 0.6 is 0 Å². The summed E-state index contributed by atoms with van der Waals surface area (Å²) in [5.74, 6) is -0.604. The normalized spacial score (nSPS) is 18.5. The van der Waals surface area contributed by atoms with Crippen molar-refractivity contribution in [2.45, 2.75) is 25.4 Å². The quantitative estimate of drug-likeness (QED) is 0.907. The van der Waals surface area contributed by atoms with Gasteiger partial charge in [-0.3, -0.25) is 4.90 Å². The van der Waals surface area contributed by atoms with Gasteiger partial charge >= 0.3 is 5.97 Å². The van der Waals surface area contributed by atoms with E-state index in [9.17, 15) is 9.90 Å². The fraction of sp³-hybridized carbons (Fsp3) is 0.278. The van der Waals surface area contributed by atoms with Gasteiger partial charge in [-0.15, -0.1) is 0 Å². The topological polar surface area (TPSA) is 60.8 Å². The third kappa shape index (κ3) is 3.12. The predicted octanol–water partition coefficient (Wildman–Crippen LogP) is 3.43. The fourth-order valence-electron chi connectivity index (χ4n) is 3.08. The van der Waals surface area contributed by atoms with Gasteiger partial charge < -0.3 is 10.2 Å². The van der Waals surface area contributed by atoms with Crippen LogP contribution in [-0.4, -0.2) is 27.6 Å². The molecule has 0 radical (unpaired) electrons. The summed E-state index contributed by atoms with van der Waals surface area (Å²) in [5, 5.41) is 18.4. The lowest BCUT2D eigenvalue weighted by molar-refractivity contribution is 0.0697. The van der Waals surface area contributed by atoms with Crippen LogP contribution in [0.25, 0.3) is 0 Å². The number of carbonyl (C=O) groups is 1. The van der Waals surface area contributed by atoms with Crippen molar-refractivity contribution in [3.63, 3.8) is 0 Å². The van der Waals surface area contributed by atoms with Crippen molar-refractivity contribution in [1.82, 2.24) is 4.90 Å². The van der Waals surface area contributed by atoms with Crippen LogP contribution < -0.4 is 0 Å². The molecule has 0 bridgehead atoms. The van der Waals surface area contributed by atoms with Gasteiger partial charge in [-0.2, -0.15) is 0 Å². The molecule has 1 aliphatic heterocycles. The van der Waals surface area contributed by atoms with E-state index in [1.54, 1.807) is 24.3 Å². The number of carboxylic acids is 1. The molecule has 4 heteroatoms. The molecule has 114 valence electrons. The summed E-state index contributed by atoms with van der Waals surface area (Å²) in [7, 11) is 0.